The molecule has 0 aliphatic carbocycles. The lowest BCUT2D eigenvalue weighted by Gasteiger charge is -2.08. The molecule has 2 N–H and O–H groups in total. The first kappa shape index (κ1) is 12.7. The number of pyridine rings is 1. The lowest BCUT2D eigenvalue weighted by atomic mass is 10.3. The van der Waals surface area contributed by atoms with Crippen LogP contribution in [0.25, 0.3) is 11.2 Å². The van der Waals surface area contributed by atoms with Crippen molar-refractivity contribution in [3.05, 3.63) is 47.6 Å². The average molecular weight is 289 g/mol. The molecule has 0 saturated carbocycles. The van der Waals surface area contributed by atoms with E-state index >= 15 is 0 Å². The van der Waals surface area contributed by atoms with Gasteiger partial charge in [0, 0.05) is 6.20 Å². The maximum absolute atomic E-state index is 5.90. The van der Waals surface area contributed by atoms with Crippen LogP contribution in [0.2, 0.25) is 5.02 Å². The zero-order valence-electron chi connectivity index (χ0n) is 10.7. The Labute approximate surface area is 121 Å². The average Bonchev–Trinajstić information content (AvgIpc) is 2.75. The van der Waals surface area contributed by atoms with Crippen LogP contribution in [0.15, 0.2) is 42.6 Å². The summed E-state index contributed by atoms with van der Waals surface area (Å²) in [7, 11) is 0. The van der Waals surface area contributed by atoms with Gasteiger partial charge in [-0.25, -0.2) is 9.97 Å². The number of nitrogens with zero attached hydrogens (tertiary/aromatic N) is 3. The molecule has 0 radical (unpaired) electrons. The highest BCUT2D eigenvalue weighted by Crippen LogP contribution is 2.19. The van der Waals surface area contributed by atoms with Gasteiger partial charge < -0.3 is 10.5 Å². The fraction of sp³-hybridized carbons (Fsp3) is 0.143. The number of halogens is 1. The van der Waals surface area contributed by atoms with Gasteiger partial charge in [-0.3, -0.25) is 4.57 Å². The first-order chi connectivity index (χ1) is 9.74. The van der Waals surface area contributed by atoms with Crippen molar-refractivity contribution in [2.24, 2.45) is 0 Å². The number of rotatable bonds is 4. The first-order valence-electron chi connectivity index (χ1n) is 6.19. The van der Waals surface area contributed by atoms with E-state index in [1.807, 2.05) is 34.9 Å². The fourth-order valence-electron chi connectivity index (χ4n) is 2.00. The van der Waals surface area contributed by atoms with E-state index in [9.17, 15) is 0 Å². The number of fused-ring (bicyclic) bond motifs is 1. The van der Waals surface area contributed by atoms with E-state index in [0.717, 1.165) is 5.75 Å². The summed E-state index contributed by atoms with van der Waals surface area (Å²) < 4.78 is 7.46. The summed E-state index contributed by atoms with van der Waals surface area (Å²) in [5.41, 5.74) is 7.30. The van der Waals surface area contributed by atoms with Crippen LogP contribution in [-0.4, -0.2) is 21.1 Å². The number of hydrogen-bond acceptors (Lipinski definition) is 4. The Hall–Kier alpha value is -2.27. The van der Waals surface area contributed by atoms with Crippen LogP contribution in [0.4, 0.5) is 5.95 Å². The molecule has 3 aromatic rings. The molecule has 0 amide bonds. The zero-order valence-corrected chi connectivity index (χ0v) is 11.4. The Bertz CT molecular complexity index is 727. The molecule has 0 fully saturated rings. The minimum absolute atomic E-state index is 0.409. The molecule has 0 bridgehead atoms. The topological polar surface area (TPSA) is 66.0 Å². The van der Waals surface area contributed by atoms with Crippen LogP contribution in [0.5, 0.6) is 5.75 Å². The summed E-state index contributed by atoms with van der Waals surface area (Å²) in [4.78, 5) is 8.50. The SMILES string of the molecule is Nc1nc2cc(Cl)cnc2n1CCOc1ccccc1. The van der Waals surface area contributed by atoms with Crippen molar-refractivity contribution in [3.8, 4) is 5.75 Å². The highest BCUT2D eigenvalue weighted by molar-refractivity contribution is 6.31. The Morgan fingerprint density at radius 1 is 1.25 bits per heavy atom. The van der Waals surface area contributed by atoms with Crippen LogP contribution in [-0.2, 0) is 6.54 Å². The molecule has 2 aromatic heterocycles. The van der Waals surface area contributed by atoms with Gasteiger partial charge in [-0.1, -0.05) is 29.8 Å². The van der Waals surface area contributed by atoms with Gasteiger partial charge in [-0.2, -0.15) is 0 Å². The molecule has 0 atom stereocenters. The number of benzene rings is 1. The number of ether oxygens (including phenoxy) is 1. The number of imidazole rings is 1. The quantitative estimate of drug-likeness (QED) is 0.801. The molecule has 6 heteroatoms. The summed E-state index contributed by atoms with van der Waals surface area (Å²) in [6.07, 6.45) is 1.58. The third-order valence-corrected chi connectivity index (χ3v) is 3.11. The van der Waals surface area contributed by atoms with E-state index in [4.69, 9.17) is 22.1 Å². The largest absolute Gasteiger partial charge is 0.492 e. The number of nitrogen functional groups attached to an aromatic ring is 1. The summed E-state index contributed by atoms with van der Waals surface area (Å²) in [5.74, 6) is 1.23. The van der Waals surface area contributed by atoms with Gasteiger partial charge in [-0.05, 0) is 18.2 Å². The number of aromatic nitrogens is 3. The van der Waals surface area contributed by atoms with Crippen molar-refractivity contribution in [1.29, 1.82) is 0 Å². The highest BCUT2D eigenvalue weighted by atomic mass is 35.5. The molecule has 0 saturated heterocycles. The lowest BCUT2D eigenvalue weighted by Crippen LogP contribution is -2.11. The smallest absolute Gasteiger partial charge is 0.202 e. The lowest BCUT2D eigenvalue weighted by molar-refractivity contribution is 0.301. The van der Waals surface area contributed by atoms with E-state index in [-0.39, 0.29) is 0 Å². The molecule has 0 spiro atoms. The normalized spacial score (nSPS) is 10.8. The molecular formula is C14H13ClN4O. The molecule has 0 aliphatic heterocycles. The first-order valence-corrected chi connectivity index (χ1v) is 6.57. The van der Waals surface area contributed by atoms with Crippen molar-refractivity contribution in [2.75, 3.05) is 12.3 Å². The maximum atomic E-state index is 5.90. The summed E-state index contributed by atoms with van der Waals surface area (Å²) in [5, 5.41) is 0.544. The van der Waals surface area contributed by atoms with Gasteiger partial charge in [0.25, 0.3) is 0 Å². The molecule has 2 heterocycles. The Morgan fingerprint density at radius 2 is 2.05 bits per heavy atom. The Kier molecular flexibility index (Phi) is 3.43. The fourth-order valence-corrected chi connectivity index (χ4v) is 2.15. The second-order valence-corrected chi connectivity index (χ2v) is 4.72. The van der Waals surface area contributed by atoms with Gasteiger partial charge in [-0.15, -0.1) is 0 Å². The monoisotopic (exact) mass is 288 g/mol. The summed E-state index contributed by atoms with van der Waals surface area (Å²) in [6.45, 7) is 1.07. The van der Waals surface area contributed by atoms with Crippen LogP contribution < -0.4 is 10.5 Å². The van der Waals surface area contributed by atoms with Crippen LogP contribution in [0.3, 0.4) is 0 Å². The van der Waals surface area contributed by atoms with E-state index < -0.39 is 0 Å². The second-order valence-electron chi connectivity index (χ2n) is 4.28. The summed E-state index contributed by atoms with van der Waals surface area (Å²) >= 11 is 5.89. The molecule has 1 aromatic carbocycles. The molecule has 0 unspecified atom stereocenters. The van der Waals surface area contributed by atoms with Crippen molar-refractivity contribution in [3.63, 3.8) is 0 Å². The van der Waals surface area contributed by atoms with Gasteiger partial charge in [0.05, 0.1) is 11.6 Å². The third-order valence-electron chi connectivity index (χ3n) is 2.91. The number of hydrogen-bond donors (Lipinski definition) is 1. The minimum Gasteiger partial charge on any atom is -0.492 e. The zero-order chi connectivity index (χ0) is 13.9. The van der Waals surface area contributed by atoms with E-state index in [2.05, 4.69) is 9.97 Å². The highest BCUT2D eigenvalue weighted by Gasteiger charge is 2.09. The van der Waals surface area contributed by atoms with E-state index in [0.29, 0.717) is 35.3 Å². The number of nitrogens with two attached hydrogens (primary N) is 1. The van der Waals surface area contributed by atoms with E-state index in [1.165, 1.54) is 0 Å². The van der Waals surface area contributed by atoms with Crippen molar-refractivity contribution in [1.82, 2.24) is 14.5 Å². The molecule has 0 aliphatic rings. The second kappa shape index (κ2) is 5.38. The van der Waals surface area contributed by atoms with Crippen molar-refractivity contribution >= 4 is 28.7 Å². The van der Waals surface area contributed by atoms with E-state index in [1.54, 1.807) is 12.3 Å². The standard InChI is InChI=1S/C14H13ClN4O/c15-10-8-12-13(17-9-10)19(14(16)18-12)6-7-20-11-4-2-1-3-5-11/h1-5,8-9H,6-7H2,(H2,16,18). The number of anilines is 1. The molecular weight excluding hydrogens is 276 g/mol. The van der Waals surface area contributed by atoms with Crippen molar-refractivity contribution < 1.29 is 4.74 Å². The number of para-hydroxylation sites is 1. The molecule has 20 heavy (non-hydrogen) atoms. The molecule has 5 nitrogen and oxygen atoms in total. The predicted molar refractivity (Wildman–Crippen MR) is 78.9 cm³/mol. The molecule has 3 rings (SSSR count). The van der Waals surface area contributed by atoms with Gasteiger partial charge >= 0.3 is 0 Å². The van der Waals surface area contributed by atoms with Crippen LogP contribution >= 0.6 is 11.6 Å². The summed E-state index contributed by atoms with van der Waals surface area (Å²) in [6, 6.07) is 11.4. The van der Waals surface area contributed by atoms with Crippen LogP contribution in [0.1, 0.15) is 0 Å². The van der Waals surface area contributed by atoms with Crippen LogP contribution in [0, 0.1) is 0 Å². The minimum atomic E-state index is 0.409. The Balaban J connectivity index is 1.76. The van der Waals surface area contributed by atoms with Gasteiger partial charge in [0.1, 0.15) is 17.9 Å². The van der Waals surface area contributed by atoms with Gasteiger partial charge in [0.15, 0.2) is 5.65 Å². The third kappa shape index (κ3) is 2.53. The predicted octanol–water partition coefficient (Wildman–Crippen LogP) is 2.75. The Morgan fingerprint density at radius 3 is 2.85 bits per heavy atom. The molecule has 102 valence electrons. The van der Waals surface area contributed by atoms with Gasteiger partial charge in [0.2, 0.25) is 5.95 Å². The van der Waals surface area contributed by atoms with Crippen molar-refractivity contribution in [2.45, 2.75) is 6.54 Å². The maximum Gasteiger partial charge on any atom is 0.202 e.